The van der Waals surface area contributed by atoms with E-state index in [9.17, 15) is 0 Å². The fourth-order valence-electron chi connectivity index (χ4n) is 2.92. The molecule has 0 saturated heterocycles. The zero-order valence-corrected chi connectivity index (χ0v) is 11.1. The van der Waals surface area contributed by atoms with Crippen molar-refractivity contribution in [3.63, 3.8) is 0 Å². The van der Waals surface area contributed by atoms with Crippen molar-refractivity contribution in [3.05, 3.63) is 36.0 Å². The van der Waals surface area contributed by atoms with Crippen LogP contribution in [0.5, 0.6) is 0 Å². The lowest BCUT2D eigenvalue weighted by atomic mass is 10.1. The lowest BCUT2D eigenvalue weighted by molar-refractivity contribution is 0.452. The van der Waals surface area contributed by atoms with Gasteiger partial charge in [0.1, 0.15) is 0 Å². The molecule has 3 rings (SSSR count). The molecule has 0 amide bonds. The molecule has 2 atom stereocenters. The molecule has 0 saturated carbocycles. The number of benzene rings is 1. The van der Waals surface area contributed by atoms with Crippen molar-refractivity contribution in [2.75, 3.05) is 5.32 Å². The fourth-order valence-corrected chi connectivity index (χ4v) is 2.92. The Balaban J connectivity index is 2.17. The van der Waals surface area contributed by atoms with Crippen LogP contribution in [0.15, 0.2) is 30.3 Å². The van der Waals surface area contributed by atoms with E-state index in [1.54, 1.807) is 0 Å². The zero-order valence-electron chi connectivity index (χ0n) is 11.1. The van der Waals surface area contributed by atoms with Gasteiger partial charge in [-0.3, -0.25) is 0 Å². The molecule has 3 nitrogen and oxygen atoms in total. The van der Waals surface area contributed by atoms with Crippen molar-refractivity contribution < 1.29 is 0 Å². The number of hydrogen-bond acceptors (Lipinski definition) is 2. The molecule has 0 aliphatic carbocycles. The van der Waals surface area contributed by atoms with Gasteiger partial charge in [0.25, 0.3) is 0 Å². The summed E-state index contributed by atoms with van der Waals surface area (Å²) in [4.78, 5) is 4.68. The molecule has 18 heavy (non-hydrogen) atoms. The smallest absolute Gasteiger partial charge is 0.204 e. The maximum Gasteiger partial charge on any atom is 0.204 e. The molecule has 0 spiro atoms. The molecule has 2 heterocycles. The Bertz CT molecular complexity index is 557. The summed E-state index contributed by atoms with van der Waals surface area (Å²) >= 11 is 0. The highest BCUT2D eigenvalue weighted by atomic mass is 15.3. The molecular formula is C15H19N3. The second-order valence-electron chi connectivity index (χ2n) is 5.24. The van der Waals surface area contributed by atoms with Crippen LogP contribution in [0.2, 0.25) is 0 Å². The minimum atomic E-state index is 0.493. The Hall–Kier alpha value is -1.77. The van der Waals surface area contributed by atoms with Gasteiger partial charge in [0.2, 0.25) is 5.95 Å². The van der Waals surface area contributed by atoms with Gasteiger partial charge in [-0.2, -0.15) is 0 Å². The van der Waals surface area contributed by atoms with Gasteiger partial charge >= 0.3 is 0 Å². The Morgan fingerprint density at radius 3 is 2.67 bits per heavy atom. The van der Waals surface area contributed by atoms with Crippen LogP contribution < -0.4 is 5.32 Å². The van der Waals surface area contributed by atoms with Crippen molar-refractivity contribution >= 4 is 5.95 Å². The summed E-state index contributed by atoms with van der Waals surface area (Å²) in [6.45, 7) is 6.58. The predicted octanol–water partition coefficient (Wildman–Crippen LogP) is 3.62. The van der Waals surface area contributed by atoms with Crippen LogP contribution in [0.4, 0.5) is 5.95 Å². The van der Waals surface area contributed by atoms with Crippen LogP contribution in [-0.2, 0) is 0 Å². The molecule has 3 heteroatoms. The lowest BCUT2D eigenvalue weighted by Gasteiger charge is -2.29. The number of rotatable bonds is 1. The van der Waals surface area contributed by atoms with Gasteiger partial charge < -0.3 is 9.88 Å². The van der Waals surface area contributed by atoms with Gasteiger partial charge in [-0.05, 0) is 27.2 Å². The first-order chi connectivity index (χ1) is 8.66. The summed E-state index contributed by atoms with van der Waals surface area (Å²) in [6.07, 6.45) is 1.14. The topological polar surface area (TPSA) is 29.9 Å². The standard InChI is InChI=1S/C15H19N3/c1-10-9-11(2)18-14(12(3)17-15(18)16-10)13-7-5-4-6-8-13/h4-8,10-11H,9H2,1-3H3,(H,16,17). The summed E-state index contributed by atoms with van der Waals surface area (Å²) in [5.74, 6) is 1.01. The second-order valence-corrected chi connectivity index (χ2v) is 5.24. The highest BCUT2D eigenvalue weighted by molar-refractivity contribution is 5.65. The molecule has 1 aliphatic rings. The van der Waals surface area contributed by atoms with Crippen molar-refractivity contribution in [3.8, 4) is 11.3 Å². The van der Waals surface area contributed by atoms with Gasteiger partial charge in [-0.15, -0.1) is 0 Å². The van der Waals surface area contributed by atoms with Crippen molar-refractivity contribution in [2.45, 2.75) is 39.3 Å². The molecule has 2 unspecified atom stereocenters. The average Bonchev–Trinajstić information content (AvgIpc) is 2.66. The van der Waals surface area contributed by atoms with Crippen molar-refractivity contribution in [1.29, 1.82) is 0 Å². The number of nitrogens with zero attached hydrogens (tertiary/aromatic N) is 2. The number of anilines is 1. The first kappa shape index (κ1) is 11.3. The van der Waals surface area contributed by atoms with Crippen LogP contribution in [0.3, 0.4) is 0 Å². The molecule has 2 aromatic rings. The fraction of sp³-hybridized carbons (Fsp3) is 0.400. The van der Waals surface area contributed by atoms with E-state index in [1.807, 2.05) is 0 Å². The summed E-state index contributed by atoms with van der Waals surface area (Å²) in [7, 11) is 0. The third kappa shape index (κ3) is 1.70. The van der Waals surface area contributed by atoms with E-state index in [0.29, 0.717) is 12.1 Å². The maximum absolute atomic E-state index is 4.68. The minimum absolute atomic E-state index is 0.493. The van der Waals surface area contributed by atoms with Crippen molar-refractivity contribution in [1.82, 2.24) is 9.55 Å². The summed E-state index contributed by atoms with van der Waals surface area (Å²) < 4.78 is 2.34. The molecule has 1 N–H and O–H groups in total. The summed E-state index contributed by atoms with van der Waals surface area (Å²) in [5, 5.41) is 3.47. The van der Waals surface area contributed by atoms with Crippen LogP contribution >= 0.6 is 0 Å². The SMILES string of the molecule is Cc1nc2n(c1-c1ccccc1)C(C)CC(C)N2. The Morgan fingerprint density at radius 1 is 1.22 bits per heavy atom. The molecule has 1 aromatic heterocycles. The first-order valence-electron chi connectivity index (χ1n) is 6.57. The lowest BCUT2D eigenvalue weighted by Crippen LogP contribution is -2.28. The largest absolute Gasteiger partial charge is 0.353 e. The predicted molar refractivity (Wildman–Crippen MR) is 74.8 cm³/mol. The third-order valence-corrected chi connectivity index (χ3v) is 3.64. The molecular weight excluding hydrogens is 222 g/mol. The van der Waals surface area contributed by atoms with Gasteiger partial charge in [0, 0.05) is 17.6 Å². The van der Waals surface area contributed by atoms with E-state index < -0.39 is 0 Å². The molecule has 1 aromatic carbocycles. The highest BCUT2D eigenvalue weighted by Crippen LogP contribution is 2.35. The number of hydrogen-bond donors (Lipinski definition) is 1. The first-order valence-corrected chi connectivity index (χ1v) is 6.57. The molecule has 0 bridgehead atoms. The van der Waals surface area contributed by atoms with E-state index in [0.717, 1.165) is 18.1 Å². The minimum Gasteiger partial charge on any atom is -0.353 e. The number of fused-ring (bicyclic) bond motifs is 1. The Labute approximate surface area is 108 Å². The average molecular weight is 241 g/mol. The normalized spacial score (nSPS) is 22.4. The van der Waals surface area contributed by atoms with Gasteiger partial charge in [0.05, 0.1) is 11.4 Å². The van der Waals surface area contributed by atoms with E-state index >= 15 is 0 Å². The van der Waals surface area contributed by atoms with Crippen LogP contribution in [0, 0.1) is 6.92 Å². The Kier molecular flexibility index (Phi) is 2.62. The molecule has 0 radical (unpaired) electrons. The third-order valence-electron chi connectivity index (χ3n) is 3.64. The quantitative estimate of drug-likeness (QED) is 0.826. The van der Waals surface area contributed by atoms with E-state index in [1.165, 1.54) is 11.3 Å². The van der Waals surface area contributed by atoms with E-state index in [-0.39, 0.29) is 0 Å². The van der Waals surface area contributed by atoms with Gasteiger partial charge in [0.15, 0.2) is 0 Å². The summed E-state index contributed by atoms with van der Waals surface area (Å²) in [6, 6.07) is 11.5. The van der Waals surface area contributed by atoms with Gasteiger partial charge in [-0.25, -0.2) is 4.98 Å². The van der Waals surface area contributed by atoms with Crippen molar-refractivity contribution in [2.24, 2.45) is 0 Å². The number of nitrogens with one attached hydrogen (secondary N) is 1. The van der Waals surface area contributed by atoms with Crippen LogP contribution in [-0.4, -0.2) is 15.6 Å². The monoisotopic (exact) mass is 241 g/mol. The number of aromatic nitrogens is 2. The van der Waals surface area contributed by atoms with Crippen LogP contribution in [0.1, 0.15) is 32.0 Å². The summed E-state index contributed by atoms with van der Waals surface area (Å²) in [5.41, 5.74) is 3.60. The van der Waals surface area contributed by atoms with Gasteiger partial charge in [-0.1, -0.05) is 30.3 Å². The molecule has 94 valence electrons. The maximum atomic E-state index is 4.68. The molecule has 1 aliphatic heterocycles. The molecule has 0 fully saturated rings. The van der Waals surface area contributed by atoms with E-state index in [2.05, 4.69) is 66.0 Å². The Morgan fingerprint density at radius 2 is 1.94 bits per heavy atom. The number of imidazole rings is 1. The second kappa shape index (κ2) is 4.16. The van der Waals surface area contributed by atoms with Crippen LogP contribution in [0.25, 0.3) is 11.3 Å². The highest BCUT2D eigenvalue weighted by Gasteiger charge is 2.26. The number of aryl methyl sites for hydroxylation is 1. The zero-order chi connectivity index (χ0) is 12.7. The van der Waals surface area contributed by atoms with E-state index in [4.69, 9.17) is 0 Å².